The van der Waals surface area contributed by atoms with Gasteiger partial charge in [0.1, 0.15) is 0 Å². The minimum Gasteiger partial charge on any atom is -0.309 e. The highest BCUT2D eigenvalue weighted by molar-refractivity contribution is 6.12. The van der Waals surface area contributed by atoms with Crippen molar-refractivity contribution in [2.24, 2.45) is 0 Å². The number of rotatable bonds is 3. The molecule has 0 bridgehead atoms. The number of hydrogen-bond donors (Lipinski definition) is 0. The lowest BCUT2D eigenvalue weighted by atomic mass is 9.74. The van der Waals surface area contributed by atoms with Crippen LogP contribution in [0.4, 0.5) is 0 Å². The first-order valence-electron chi connectivity index (χ1n) is 17.8. The van der Waals surface area contributed by atoms with E-state index < -0.39 is 65.8 Å². The summed E-state index contributed by atoms with van der Waals surface area (Å²) in [5.74, 6) is -0.558. The van der Waals surface area contributed by atoms with Crippen LogP contribution in [0.2, 0.25) is 0 Å². The van der Waals surface area contributed by atoms with Gasteiger partial charge >= 0.3 is 0 Å². The molecule has 0 radical (unpaired) electrons. The number of benzene rings is 5. The average molecular weight is 525 g/mol. The van der Waals surface area contributed by atoms with Gasteiger partial charge in [-0.3, -0.25) is 0 Å². The SMILES string of the molecule is [2H]c1c([2H])c([2H])c(-c2nc(-c3cc4c5c(c3)c3ccccc3n5-c3ccccc3C4(C)C)nc(-c3c([2H])c([2H])c([2H])c([2H])c3[2H])n2)c([2H])c1[2H]. The van der Waals surface area contributed by atoms with Gasteiger partial charge in [0.05, 0.1) is 30.4 Å². The van der Waals surface area contributed by atoms with Crippen LogP contribution in [0.3, 0.4) is 0 Å². The maximum Gasteiger partial charge on any atom is 0.164 e. The molecule has 0 saturated carbocycles. The summed E-state index contributed by atoms with van der Waals surface area (Å²) in [5.41, 5.74) is 4.54. The molecule has 5 aromatic carbocycles. The molecule has 1 aliphatic rings. The van der Waals surface area contributed by atoms with Crippen molar-refractivity contribution in [2.45, 2.75) is 19.3 Å². The van der Waals surface area contributed by atoms with Gasteiger partial charge in [-0.1, -0.05) is 111 Å². The van der Waals surface area contributed by atoms with Crippen LogP contribution >= 0.6 is 0 Å². The van der Waals surface area contributed by atoms with E-state index in [4.69, 9.17) is 13.7 Å². The summed E-state index contributed by atoms with van der Waals surface area (Å²) in [6, 6.07) is 14.4. The number of nitrogens with zero attached hydrogens (tertiary/aromatic N) is 4. The largest absolute Gasteiger partial charge is 0.309 e. The van der Waals surface area contributed by atoms with Gasteiger partial charge in [0, 0.05) is 32.9 Å². The van der Waals surface area contributed by atoms with E-state index in [9.17, 15) is 0 Å². The van der Waals surface area contributed by atoms with E-state index in [-0.39, 0.29) is 28.6 Å². The van der Waals surface area contributed by atoms with Crippen molar-refractivity contribution in [1.82, 2.24) is 19.5 Å². The number of aromatic nitrogens is 4. The van der Waals surface area contributed by atoms with Crippen LogP contribution in [0.15, 0.2) is 121 Å². The Morgan fingerprint density at radius 1 is 0.600 bits per heavy atom. The van der Waals surface area contributed by atoms with E-state index in [0.29, 0.717) is 5.56 Å². The van der Waals surface area contributed by atoms with E-state index >= 15 is 0 Å². The summed E-state index contributed by atoms with van der Waals surface area (Å²) >= 11 is 0. The Hall–Kier alpha value is -5.09. The van der Waals surface area contributed by atoms with Gasteiger partial charge in [-0.25, -0.2) is 15.0 Å². The molecule has 0 atom stereocenters. The molecule has 4 heteroatoms. The highest BCUT2D eigenvalue weighted by Gasteiger charge is 2.35. The van der Waals surface area contributed by atoms with Gasteiger partial charge < -0.3 is 4.57 Å². The molecule has 190 valence electrons. The zero-order valence-corrected chi connectivity index (χ0v) is 21.6. The van der Waals surface area contributed by atoms with Crippen LogP contribution in [0.1, 0.15) is 38.7 Å². The van der Waals surface area contributed by atoms with Gasteiger partial charge in [0.25, 0.3) is 0 Å². The second kappa shape index (κ2) is 8.45. The Labute approximate surface area is 246 Å². The molecule has 0 fully saturated rings. The number of para-hydroxylation sites is 2. The zero-order chi connectivity index (χ0) is 35.5. The Kier molecular flexibility index (Phi) is 3.15. The van der Waals surface area contributed by atoms with Crippen molar-refractivity contribution in [1.29, 1.82) is 0 Å². The van der Waals surface area contributed by atoms with Crippen molar-refractivity contribution in [2.75, 3.05) is 0 Å². The maximum atomic E-state index is 8.66. The second-order valence-electron chi connectivity index (χ2n) is 10.2. The second-order valence-corrected chi connectivity index (χ2v) is 10.2. The Morgan fingerprint density at radius 3 is 1.85 bits per heavy atom. The summed E-state index contributed by atoms with van der Waals surface area (Å²) in [5, 5.41) is 1.88. The van der Waals surface area contributed by atoms with Gasteiger partial charge in [-0.15, -0.1) is 0 Å². The van der Waals surface area contributed by atoms with Crippen LogP contribution in [0, 0.1) is 0 Å². The summed E-state index contributed by atoms with van der Waals surface area (Å²) in [7, 11) is 0. The fourth-order valence-corrected chi connectivity index (χ4v) is 5.75. The molecular formula is C36H26N4. The third-order valence-corrected chi connectivity index (χ3v) is 7.60. The lowest BCUT2D eigenvalue weighted by Crippen LogP contribution is -2.26. The topological polar surface area (TPSA) is 43.6 Å². The molecule has 0 amide bonds. The van der Waals surface area contributed by atoms with Gasteiger partial charge in [-0.2, -0.15) is 0 Å². The average Bonchev–Trinajstić information content (AvgIpc) is 3.45. The molecule has 8 rings (SSSR count). The van der Waals surface area contributed by atoms with Crippen molar-refractivity contribution in [3.05, 3.63) is 132 Å². The smallest absolute Gasteiger partial charge is 0.164 e. The molecule has 0 saturated heterocycles. The van der Waals surface area contributed by atoms with Gasteiger partial charge in [0.2, 0.25) is 0 Å². The maximum absolute atomic E-state index is 8.66. The summed E-state index contributed by atoms with van der Waals surface area (Å²) < 4.78 is 86.3. The third-order valence-electron chi connectivity index (χ3n) is 7.60. The normalized spacial score (nSPS) is 16.9. The molecule has 40 heavy (non-hydrogen) atoms. The van der Waals surface area contributed by atoms with Crippen molar-refractivity contribution in [3.63, 3.8) is 0 Å². The molecule has 4 nitrogen and oxygen atoms in total. The first kappa shape index (κ1) is 14.9. The van der Waals surface area contributed by atoms with E-state index in [0.717, 1.165) is 38.6 Å². The standard InChI is InChI=1S/C36H26N4/c1-36(2)28-18-10-12-20-31(28)40-30-19-11-9-17-26(30)27-21-25(22-29(36)32(27)40)35-38-33(23-13-5-3-6-14-23)37-34(39-35)24-15-7-4-8-16-24/h3-22H,1-2H3/i3D,4D,5D,6D,7D,8D,13D,14D,15D,16D. The quantitative estimate of drug-likeness (QED) is 0.232. The number of hydrogen-bond acceptors (Lipinski definition) is 3. The lowest BCUT2D eigenvalue weighted by molar-refractivity contribution is 0.630. The van der Waals surface area contributed by atoms with E-state index in [1.54, 1.807) is 0 Å². The van der Waals surface area contributed by atoms with Crippen LogP contribution in [-0.4, -0.2) is 19.5 Å². The lowest BCUT2D eigenvalue weighted by Gasteiger charge is -2.35. The Bertz CT molecular complexity index is 2500. The fraction of sp³-hybridized carbons (Fsp3) is 0.0833. The predicted octanol–water partition coefficient (Wildman–Crippen LogP) is 8.61. The Morgan fingerprint density at radius 2 is 1.18 bits per heavy atom. The molecule has 1 aliphatic heterocycles. The third kappa shape index (κ3) is 3.29. The molecule has 0 aliphatic carbocycles. The minimum atomic E-state index is -0.591. The van der Waals surface area contributed by atoms with Crippen molar-refractivity contribution >= 4 is 21.8 Å². The molecule has 0 N–H and O–H groups in total. The minimum absolute atomic E-state index is 0.0354. The number of fused-ring (bicyclic) bond motifs is 5. The first-order chi connectivity index (χ1) is 23.7. The van der Waals surface area contributed by atoms with Crippen LogP contribution in [-0.2, 0) is 5.41 Å². The van der Waals surface area contributed by atoms with E-state index in [1.807, 2.05) is 42.5 Å². The first-order valence-corrected chi connectivity index (χ1v) is 12.8. The molecule has 2 aromatic heterocycles. The molecule has 0 spiro atoms. The highest BCUT2D eigenvalue weighted by atomic mass is 15.0. The van der Waals surface area contributed by atoms with Crippen LogP contribution < -0.4 is 0 Å². The van der Waals surface area contributed by atoms with Crippen molar-refractivity contribution < 1.29 is 13.7 Å². The summed E-state index contributed by atoms with van der Waals surface area (Å²) in [6.45, 7) is 4.27. The molecule has 0 unspecified atom stereocenters. The fourth-order valence-electron chi connectivity index (χ4n) is 5.75. The van der Waals surface area contributed by atoms with Crippen LogP contribution in [0.5, 0.6) is 0 Å². The molecule has 3 heterocycles. The Balaban J connectivity index is 1.51. The molecule has 7 aromatic rings. The van der Waals surface area contributed by atoms with Gasteiger partial charge in [0.15, 0.2) is 17.5 Å². The van der Waals surface area contributed by atoms with E-state index in [2.05, 4.69) is 51.6 Å². The molecular weight excluding hydrogens is 488 g/mol. The highest BCUT2D eigenvalue weighted by Crippen LogP contribution is 2.48. The predicted molar refractivity (Wildman–Crippen MR) is 163 cm³/mol. The van der Waals surface area contributed by atoms with E-state index in [1.165, 1.54) is 0 Å². The van der Waals surface area contributed by atoms with Crippen LogP contribution in [0.25, 0.3) is 61.7 Å². The zero-order valence-electron chi connectivity index (χ0n) is 31.6. The summed E-state index contributed by atoms with van der Waals surface area (Å²) in [6.07, 6.45) is 0. The monoisotopic (exact) mass is 524 g/mol. The van der Waals surface area contributed by atoms with Gasteiger partial charge in [-0.05, 0) is 35.4 Å². The van der Waals surface area contributed by atoms with Crippen molar-refractivity contribution in [3.8, 4) is 39.9 Å². The summed E-state index contributed by atoms with van der Waals surface area (Å²) in [4.78, 5) is 13.8.